The topological polar surface area (TPSA) is 29.1 Å². The molecule has 1 N–H and O–H groups in total. The van der Waals surface area contributed by atoms with E-state index in [2.05, 4.69) is 5.32 Å². The number of anilines is 1. The van der Waals surface area contributed by atoms with Crippen molar-refractivity contribution >= 4 is 34.8 Å². The van der Waals surface area contributed by atoms with Gasteiger partial charge < -0.3 is 5.32 Å². The van der Waals surface area contributed by atoms with Gasteiger partial charge in [0.15, 0.2) is 0 Å². The van der Waals surface area contributed by atoms with Crippen molar-refractivity contribution in [3.05, 3.63) is 53.1 Å². The molecular weight excluding hydrogens is 281 g/mol. The van der Waals surface area contributed by atoms with Gasteiger partial charge in [-0.2, -0.15) is 0 Å². The lowest BCUT2D eigenvalue weighted by Gasteiger charge is -2.12. The number of alkyl halides is 1. The van der Waals surface area contributed by atoms with Gasteiger partial charge in [0.25, 0.3) is 0 Å². The van der Waals surface area contributed by atoms with Crippen molar-refractivity contribution in [1.82, 2.24) is 0 Å². The van der Waals surface area contributed by atoms with Gasteiger partial charge in [-0.1, -0.05) is 35.4 Å². The third-order valence-corrected chi connectivity index (χ3v) is 3.18. The average molecular weight is 294 g/mol. The molecule has 0 saturated heterocycles. The Bertz CT molecular complexity index is 611. The lowest BCUT2D eigenvalue weighted by molar-refractivity contribution is -0.113. The number of halogens is 2. The van der Waals surface area contributed by atoms with E-state index in [1.165, 1.54) is 0 Å². The normalized spacial score (nSPS) is 10.3. The van der Waals surface area contributed by atoms with Gasteiger partial charge in [0.1, 0.15) is 5.88 Å². The summed E-state index contributed by atoms with van der Waals surface area (Å²) in [4.78, 5) is 11.4. The van der Waals surface area contributed by atoms with Gasteiger partial charge in [0.05, 0.1) is 0 Å². The molecule has 0 fully saturated rings. The lowest BCUT2D eigenvalue weighted by Crippen LogP contribution is -2.13. The number of hydrogen-bond acceptors (Lipinski definition) is 1. The van der Waals surface area contributed by atoms with Gasteiger partial charge in [0, 0.05) is 16.3 Å². The summed E-state index contributed by atoms with van der Waals surface area (Å²) in [7, 11) is 0. The number of aryl methyl sites for hydroxylation is 1. The molecule has 0 aliphatic rings. The summed E-state index contributed by atoms with van der Waals surface area (Å²) >= 11 is 11.5. The minimum atomic E-state index is -0.228. The fourth-order valence-electron chi connectivity index (χ4n) is 1.85. The number of amides is 1. The summed E-state index contributed by atoms with van der Waals surface area (Å²) in [6.45, 7) is 2.00. The highest BCUT2D eigenvalue weighted by Crippen LogP contribution is 2.30. The highest BCUT2D eigenvalue weighted by molar-refractivity contribution is 6.31. The van der Waals surface area contributed by atoms with Crippen molar-refractivity contribution in [2.75, 3.05) is 11.2 Å². The van der Waals surface area contributed by atoms with Crippen molar-refractivity contribution in [1.29, 1.82) is 0 Å². The number of benzene rings is 2. The molecule has 0 aromatic heterocycles. The second-order valence-electron chi connectivity index (χ2n) is 4.24. The molecule has 0 radical (unpaired) electrons. The SMILES string of the molecule is Cc1ccc(NC(=O)CCl)c(-c2cccc(Cl)c2)c1. The van der Waals surface area contributed by atoms with Crippen LogP contribution in [0, 0.1) is 6.92 Å². The second kappa shape index (κ2) is 6.09. The zero-order chi connectivity index (χ0) is 13.8. The van der Waals surface area contributed by atoms with Gasteiger partial charge >= 0.3 is 0 Å². The van der Waals surface area contributed by atoms with Crippen LogP contribution in [0.4, 0.5) is 5.69 Å². The predicted octanol–water partition coefficient (Wildman–Crippen LogP) is 4.49. The molecule has 0 spiro atoms. The summed E-state index contributed by atoms with van der Waals surface area (Å²) in [5, 5.41) is 3.45. The Hall–Kier alpha value is -1.51. The van der Waals surface area contributed by atoms with Crippen LogP contribution in [0.15, 0.2) is 42.5 Å². The number of rotatable bonds is 3. The fraction of sp³-hybridized carbons (Fsp3) is 0.133. The first kappa shape index (κ1) is 13.9. The van der Waals surface area contributed by atoms with E-state index in [0.29, 0.717) is 5.02 Å². The van der Waals surface area contributed by atoms with Gasteiger partial charge in [-0.25, -0.2) is 0 Å². The van der Waals surface area contributed by atoms with E-state index in [1.54, 1.807) is 0 Å². The highest BCUT2D eigenvalue weighted by Gasteiger charge is 2.08. The van der Waals surface area contributed by atoms with Crippen LogP contribution in [0.2, 0.25) is 5.02 Å². The smallest absolute Gasteiger partial charge is 0.239 e. The van der Waals surface area contributed by atoms with Crippen LogP contribution in [0.25, 0.3) is 11.1 Å². The maximum atomic E-state index is 11.4. The minimum absolute atomic E-state index is 0.0666. The van der Waals surface area contributed by atoms with E-state index in [1.807, 2.05) is 49.4 Å². The van der Waals surface area contributed by atoms with Gasteiger partial charge in [-0.15, -0.1) is 11.6 Å². The van der Waals surface area contributed by atoms with Crippen molar-refractivity contribution < 1.29 is 4.79 Å². The third-order valence-electron chi connectivity index (χ3n) is 2.71. The first-order valence-corrected chi connectivity index (χ1v) is 6.74. The Morgan fingerprint density at radius 2 is 2.00 bits per heavy atom. The van der Waals surface area contributed by atoms with E-state index in [9.17, 15) is 4.79 Å². The van der Waals surface area contributed by atoms with Gasteiger partial charge in [-0.3, -0.25) is 4.79 Å². The van der Waals surface area contributed by atoms with Crippen LogP contribution in [-0.4, -0.2) is 11.8 Å². The van der Waals surface area contributed by atoms with Crippen molar-refractivity contribution in [2.45, 2.75) is 6.92 Å². The van der Waals surface area contributed by atoms with E-state index < -0.39 is 0 Å². The van der Waals surface area contributed by atoms with Crippen LogP contribution in [0.3, 0.4) is 0 Å². The summed E-state index contributed by atoms with van der Waals surface area (Å²) < 4.78 is 0. The van der Waals surface area contributed by atoms with Gasteiger partial charge in [-0.05, 0) is 36.8 Å². The molecule has 2 rings (SSSR count). The molecule has 0 aliphatic heterocycles. The van der Waals surface area contributed by atoms with E-state index in [4.69, 9.17) is 23.2 Å². The quantitative estimate of drug-likeness (QED) is 0.830. The molecule has 2 aromatic rings. The molecule has 1 amide bonds. The summed E-state index contributed by atoms with van der Waals surface area (Å²) in [5.41, 5.74) is 3.74. The molecule has 4 heteroatoms. The van der Waals surface area contributed by atoms with Crippen LogP contribution < -0.4 is 5.32 Å². The maximum absolute atomic E-state index is 11.4. The predicted molar refractivity (Wildman–Crippen MR) is 81.0 cm³/mol. The fourth-order valence-corrected chi connectivity index (χ4v) is 2.10. The largest absolute Gasteiger partial charge is 0.324 e. The monoisotopic (exact) mass is 293 g/mol. The van der Waals surface area contributed by atoms with Crippen LogP contribution in [-0.2, 0) is 4.79 Å². The maximum Gasteiger partial charge on any atom is 0.239 e. The second-order valence-corrected chi connectivity index (χ2v) is 4.94. The molecule has 2 aromatic carbocycles. The van der Waals surface area contributed by atoms with E-state index in [-0.39, 0.29) is 11.8 Å². The molecule has 0 aliphatic carbocycles. The number of carbonyl (C=O) groups excluding carboxylic acids is 1. The molecule has 0 unspecified atom stereocenters. The van der Waals surface area contributed by atoms with Crippen molar-refractivity contribution in [3.63, 3.8) is 0 Å². The molecule has 0 heterocycles. The van der Waals surface area contributed by atoms with Crippen molar-refractivity contribution in [3.8, 4) is 11.1 Å². The third kappa shape index (κ3) is 3.49. The Balaban J connectivity index is 2.48. The summed E-state index contributed by atoms with van der Waals surface area (Å²) in [6.07, 6.45) is 0. The number of nitrogens with one attached hydrogen (secondary N) is 1. The molecule has 0 bridgehead atoms. The minimum Gasteiger partial charge on any atom is -0.324 e. The van der Waals surface area contributed by atoms with Crippen LogP contribution in [0.5, 0.6) is 0 Å². The molecule has 19 heavy (non-hydrogen) atoms. The average Bonchev–Trinajstić information content (AvgIpc) is 2.40. The standard InChI is InChI=1S/C15H13Cl2NO/c1-10-5-6-14(18-15(19)9-16)13(7-10)11-3-2-4-12(17)8-11/h2-8H,9H2,1H3,(H,18,19). The van der Waals surface area contributed by atoms with E-state index >= 15 is 0 Å². The lowest BCUT2D eigenvalue weighted by atomic mass is 10.0. The van der Waals surface area contributed by atoms with E-state index in [0.717, 1.165) is 22.4 Å². The summed E-state index contributed by atoms with van der Waals surface area (Å²) in [6, 6.07) is 13.3. The highest BCUT2D eigenvalue weighted by atomic mass is 35.5. The van der Waals surface area contributed by atoms with Crippen LogP contribution in [0.1, 0.15) is 5.56 Å². The Kier molecular flexibility index (Phi) is 4.46. The molecular formula is C15H13Cl2NO. The zero-order valence-corrected chi connectivity index (χ0v) is 11.9. The zero-order valence-electron chi connectivity index (χ0n) is 10.4. The van der Waals surface area contributed by atoms with Crippen LogP contribution >= 0.6 is 23.2 Å². The number of carbonyl (C=O) groups is 1. The number of hydrogen-bond donors (Lipinski definition) is 1. The molecule has 2 nitrogen and oxygen atoms in total. The molecule has 98 valence electrons. The Labute approximate surface area is 122 Å². The first-order chi connectivity index (χ1) is 9.10. The molecule has 0 saturated carbocycles. The Morgan fingerprint density at radius 1 is 1.21 bits per heavy atom. The Morgan fingerprint density at radius 3 is 2.68 bits per heavy atom. The van der Waals surface area contributed by atoms with Gasteiger partial charge in [0.2, 0.25) is 5.91 Å². The molecule has 0 atom stereocenters. The van der Waals surface area contributed by atoms with Crippen molar-refractivity contribution in [2.24, 2.45) is 0 Å². The summed E-state index contributed by atoms with van der Waals surface area (Å²) in [5.74, 6) is -0.295. The first-order valence-electron chi connectivity index (χ1n) is 5.82.